The topological polar surface area (TPSA) is 88.8 Å². The van der Waals surface area contributed by atoms with Gasteiger partial charge in [0.1, 0.15) is 17.3 Å². The molecule has 0 aliphatic carbocycles. The third kappa shape index (κ3) is 5.85. The zero-order valence-electron chi connectivity index (χ0n) is 17.2. The number of carbonyl (C=O) groups is 1. The standard InChI is InChI=1S/C22H23FN2O5S/c1-3-29-21-11-6-16(22(26)24-14-20-5-4-12-30-20)13-17(21)15-25(31(2,27)28)19-9-7-18(23)8-10-19/h4-13H,3,14-15H2,1-2H3,(H,24,26). The van der Waals surface area contributed by atoms with E-state index in [0.29, 0.717) is 34.9 Å². The van der Waals surface area contributed by atoms with Gasteiger partial charge in [0.25, 0.3) is 5.91 Å². The highest BCUT2D eigenvalue weighted by Crippen LogP contribution is 2.27. The van der Waals surface area contributed by atoms with Crippen LogP contribution in [-0.2, 0) is 23.1 Å². The van der Waals surface area contributed by atoms with E-state index in [1.54, 1.807) is 30.3 Å². The van der Waals surface area contributed by atoms with Crippen LogP contribution in [0.2, 0.25) is 0 Å². The normalized spacial score (nSPS) is 11.2. The zero-order chi connectivity index (χ0) is 22.4. The van der Waals surface area contributed by atoms with E-state index in [4.69, 9.17) is 9.15 Å². The van der Waals surface area contributed by atoms with Gasteiger partial charge in [0.2, 0.25) is 10.0 Å². The summed E-state index contributed by atoms with van der Waals surface area (Å²) in [6.07, 6.45) is 2.59. The minimum atomic E-state index is -3.69. The number of benzene rings is 2. The largest absolute Gasteiger partial charge is 0.494 e. The lowest BCUT2D eigenvalue weighted by Gasteiger charge is -2.24. The first kappa shape index (κ1) is 22.4. The van der Waals surface area contributed by atoms with Crippen LogP contribution in [0.3, 0.4) is 0 Å². The molecule has 2 aromatic carbocycles. The van der Waals surface area contributed by atoms with Crippen LogP contribution in [0.15, 0.2) is 65.3 Å². The number of hydrogen-bond donors (Lipinski definition) is 1. The Labute approximate surface area is 180 Å². The maximum atomic E-state index is 13.3. The first-order valence-corrected chi connectivity index (χ1v) is 11.4. The van der Waals surface area contributed by atoms with E-state index < -0.39 is 15.8 Å². The number of anilines is 1. The number of halogens is 1. The maximum Gasteiger partial charge on any atom is 0.251 e. The lowest BCUT2D eigenvalue weighted by Crippen LogP contribution is -2.30. The Morgan fingerprint density at radius 3 is 2.52 bits per heavy atom. The molecule has 1 heterocycles. The van der Waals surface area contributed by atoms with Crippen LogP contribution in [0.5, 0.6) is 5.75 Å². The van der Waals surface area contributed by atoms with Crippen LogP contribution >= 0.6 is 0 Å². The van der Waals surface area contributed by atoms with Crippen LogP contribution in [0.4, 0.5) is 10.1 Å². The second-order valence-corrected chi connectivity index (χ2v) is 8.67. The summed E-state index contributed by atoms with van der Waals surface area (Å²) in [6.45, 7) is 2.31. The lowest BCUT2D eigenvalue weighted by atomic mass is 10.1. The second-order valence-electron chi connectivity index (χ2n) is 6.76. The molecule has 3 rings (SSSR count). The molecule has 1 amide bonds. The average molecular weight is 447 g/mol. The number of nitrogens with zero attached hydrogens (tertiary/aromatic N) is 1. The fourth-order valence-corrected chi connectivity index (χ4v) is 3.86. The Balaban J connectivity index is 1.90. The molecule has 0 radical (unpaired) electrons. The number of furan rings is 1. The number of rotatable bonds is 9. The quantitative estimate of drug-likeness (QED) is 0.541. The molecule has 0 spiro atoms. The summed E-state index contributed by atoms with van der Waals surface area (Å²) < 4.78 is 50.2. The first-order valence-electron chi connectivity index (χ1n) is 9.57. The number of amides is 1. The van der Waals surface area contributed by atoms with Crippen LogP contribution in [0, 0.1) is 5.82 Å². The molecule has 0 aliphatic heterocycles. The predicted molar refractivity (Wildman–Crippen MR) is 115 cm³/mol. The summed E-state index contributed by atoms with van der Waals surface area (Å²) in [5.74, 6) is 0.260. The minimum Gasteiger partial charge on any atom is -0.494 e. The fraction of sp³-hybridized carbons (Fsp3) is 0.227. The van der Waals surface area contributed by atoms with Crippen molar-refractivity contribution in [1.29, 1.82) is 0 Å². The second kappa shape index (κ2) is 9.65. The van der Waals surface area contributed by atoms with E-state index in [2.05, 4.69) is 5.32 Å². The SMILES string of the molecule is CCOc1ccc(C(=O)NCc2ccco2)cc1CN(c1ccc(F)cc1)S(C)(=O)=O. The fourth-order valence-electron chi connectivity index (χ4n) is 2.99. The van der Waals surface area contributed by atoms with E-state index in [-0.39, 0.29) is 19.0 Å². The molecule has 3 aromatic rings. The van der Waals surface area contributed by atoms with Gasteiger partial charge in [0, 0.05) is 11.1 Å². The number of nitrogens with one attached hydrogen (secondary N) is 1. The summed E-state index contributed by atoms with van der Waals surface area (Å²) in [6, 6.07) is 13.4. The van der Waals surface area contributed by atoms with Gasteiger partial charge in [-0.2, -0.15) is 0 Å². The number of ether oxygens (including phenoxy) is 1. The maximum absolute atomic E-state index is 13.3. The highest BCUT2D eigenvalue weighted by molar-refractivity contribution is 7.92. The van der Waals surface area contributed by atoms with Crippen molar-refractivity contribution >= 4 is 21.6 Å². The van der Waals surface area contributed by atoms with Crippen molar-refractivity contribution in [2.24, 2.45) is 0 Å². The molecule has 0 saturated heterocycles. The molecule has 0 atom stereocenters. The highest BCUT2D eigenvalue weighted by atomic mass is 32.2. The Hall–Kier alpha value is -3.33. The molecular formula is C22H23FN2O5S. The number of hydrogen-bond acceptors (Lipinski definition) is 5. The summed E-state index contributed by atoms with van der Waals surface area (Å²) in [4.78, 5) is 12.6. The van der Waals surface area contributed by atoms with Crippen molar-refractivity contribution in [2.45, 2.75) is 20.0 Å². The smallest absolute Gasteiger partial charge is 0.251 e. The average Bonchev–Trinajstić information content (AvgIpc) is 3.25. The van der Waals surface area contributed by atoms with Crippen molar-refractivity contribution < 1.29 is 26.8 Å². The number of carbonyl (C=O) groups excluding carboxylic acids is 1. The molecular weight excluding hydrogens is 423 g/mol. The number of sulfonamides is 1. The van der Waals surface area contributed by atoms with Gasteiger partial charge in [-0.15, -0.1) is 0 Å². The van der Waals surface area contributed by atoms with Crippen LogP contribution in [-0.4, -0.2) is 27.2 Å². The molecule has 164 valence electrons. The molecule has 0 fully saturated rings. The molecule has 0 saturated carbocycles. The summed E-state index contributed by atoms with van der Waals surface area (Å²) in [5.41, 5.74) is 1.15. The summed E-state index contributed by atoms with van der Waals surface area (Å²) in [5, 5.41) is 2.75. The van der Waals surface area contributed by atoms with Gasteiger partial charge in [-0.25, -0.2) is 12.8 Å². The molecule has 9 heteroatoms. The molecule has 0 bridgehead atoms. The van der Waals surface area contributed by atoms with E-state index in [9.17, 15) is 17.6 Å². The van der Waals surface area contributed by atoms with Crippen molar-refractivity contribution in [2.75, 3.05) is 17.2 Å². The van der Waals surface area contributed by atoms with Crippen molar-refractivity contribution in [3.8, 4) is 5.75 Å². The first-order chi connectivity index (χ1) is 14.8. The summed E-state index contributed by atoms with van der Waals surface area (Å²) in [7, 11) is -3.69. The molecule has 0 aliphatic rings. The molecule has 1 N–H and O–H groups in total. The van der Waals surface area contributed by atoms with Gasteiger partial charge in [-0.3, -0.25) is 9.10 Å². The van der Waals surface area contributed by atoms with Crippen molar-refractivity contribution in [1.82, 2.24) is 5.32 Å². The van der Waals surface area contributed by atoms with Crippen LogP contribution < -0.4 is 14.4 Å². The third-order valence-corrected chi connectivity index (χ3v) is 5.60. The highest BCUT2D eigenvalue weighted by Gasteiger charge is 2.21. The Kier molecular flexibility index (Phi) is 6.96. The lowest BCUT2D eigenvalue weighted by molar-refractivity contribution is 0.0948. The van der Waals surface area contributed by atoms with E-state index >= 15 is 0 Å². The Morgan fingerprint density at radius 2 is 1.90 bits per heavy atom. The minimum absolute atomic E-state index is 0.0842. The van der Waals surface area contributed by atoms with Crippen LogP contribution in [0.25, 0.3) is 0 Å². The van der Waals surface area contributed by atoms with Gasteiger partial charge in [0.15, 0.2) is 0 Å². The summed E-state index contributed by atoms with van der Waals surface area (Å²) >= 11 is 0. The molecule has 7 nitrogen and oxygen atoms in total. The van der Waals surface area contributed by atoms with Crippen LogP contribution in [0.1, 0.15) is 28.6 Å². The molecule has 0 unspecified atom stereocenters. The molecule has 31 heavy (non-hydrogen) atoms. The van der Waals surface area contributed by atoms with E-state index in [0.717, 1.165) is 10.6 Å². The van der Waals surface area contributed by atoms with Gasteiger partial charge >= 0.3 is 0 Å². The third-order valence-electron chi connectivity index (χ3n) is 4.45. The zero-order valence-corrected chi connectivity index (χ0v) is 18.0. The van der Waals surface area contributed by atoms with Gasteiger partial charge in [-0.1, -0.05) is 0 Å². The van der Waals surface area contributed by atoms with Crippen molar-refractivity contribution in [3.63, 3.8) is 0 Å². The Morgan fingerprint density at radius 1 is 1.16 bits per heavy atom. The van der Waals surface area contributed by atoms with Gasteiger partial charge < -0.3 is 14.5 Å². The Bertz CT molecular complexity index is 1130. The predicted octanol–water partition coefficient (Wildman–Crippen LogP) is 3.71. The monoisotopic (exact) mass is 446 g/mol. The van der Waals surface area contributed by atoms with E-state index in [1.807, 2.05) is 6.92 Å². The van der Waals surface area contributed by atoms with Gasteiger partial charge in [-0.05, 0) is 61.5 Å². The van der Waals surface area contributed by atoms with Crippen molar-refractivity contribution in [3.05, 3.63) is 83.6 Å². The molecule has 1 aromatic heterocycles. The van der Waals surface area contributed by atoms with E-state index in [1.165, 1.54) is 30.5 Å². The van der Waals surface area contributed by atoms with Gasteiger partial charge in [0.05, 0.1) is 37.9 Å².